The standard InChI is InChI=1S/C17H28N4/c1-21(2)17(10-4-3-5-11-17)16(20-18)14-9-8-13-7-6-12-19-15(13)14/h6-7,12,14,16,20H,3-5,8-11,18H2,1-2H3. The van der Waals surface area contributed by atoms with E-state index in [4.69, 9.17) is 5.84 Å². The molecule has 4 nitrogen and oxygen atoms in total. The molecular formula is C17H28N4. The third kappa shape index (κ3) is 2.50. The molecule has 0 bridgehead atoms. The fourth-order valence-electron chi connectivity index (χ4n) is 4.61. The Balaban J connectivity index is 1.94. The van der Waals surface area contributed by atoms with Gasteiger partial charge in [0, 0.05) is 29.4 Å². The van der Waals surface area contributed by atoms with Crippen LogP contribution in [0.2, 0.25) is 0 Å². The number of hydrogen-bond acceptors (Lipinski definition) is 4. The minimum Gasteiger partial charge on any atom is -0.302 e. The Bertz CT molecular complexity index is 479. The number of rotatable bonds is 4. The zero-order chi connectivity index (χ0) is 14.9. The Morgan fingerprint density at radius 2 is 2.10 bits per heavy atom. The predicted octanol–water partition coefficient (Wildman–Crippen LogP) is 2.21. The van der Waals surface area contributed by atoms with Crippen LogP contribution < -0.4 is 11.3 Å². The normalized spacial score (nSPS) is 25.8. The maximum atomic E-state index is 6.06. The molecule has 0 saturated heterocycles. The van der Waals surface area contributed by atoms with Gasteiger partial charge in [-0.1, -0.05) is 25.3 Å². The summed E-state index contributed by atoms with van der Waals surface area (Å²) >= 11 is 0. The van der Waals surface area contributed by atoms with Gasteiger partial charge in [0.1, 0.15) is 0 Å². The molecule has 2 aliphatic carbocycles. The Morgan fingerprint density at radius 3 is 2.76 bits per heavy atom. The van der Waals surface area contributed by atoms with E-state index in [9.17, 15) is 0 Å². The molecule has 4 heteroatoms. The van der Waals surface area contributed by atoms with Crippen LogP contribution in [0.1, 0.15) is 55.7 Å². The summed E-state index contributed by atoms with van der Waals surface area (Å²) in [7, 11) is 4.42. The van der Waals surface area contributed by atoms with Gasteiger partial charge in [0.2, 0.25) is 0 Å². The quantitative estimate of drug-likeness (QED) is 0.659. The van der Waals surface area contributed by atoms with Gasteiger partial charge < -0.3 is 4.90 Å². The number of hydrogen-bond donors (Lipinski definition) is 2. The lowest BCUT2D eigenvalue weighted by atomic mass is 9.70. The summed E-state index contributed by atoms with van der Waals surface area (Å²) in [6.45, 7) is 0. The highest BCUT2D eigenvalue weighted by Gasteiger charge is 2.47. The first kappa shape index (κ1) is 14.9. The van der Waals surface area contributed by atoms with Crippen molar-refractivity contribution < 1.29 is 0 Å². The average molecular weight is 288 g/mol. The highest BCUT2D eigenvalue weighted by atomic mass is 15.3. The van der Waals surface area contributed by atoms with Crippen molar-refractivity contribution >= 4 is 0 Å². The van der Waals surface area contributed by atoms with E-state index in [2.05, 4.69) is 41.5 Å². The van der Waals surface area contributed by atoms with Crippen LogP contribution in [0.3, 0.4) is 0 Å². The van der Waals surface area contributed by atoms with E-state index in [1.807, 2.05) is 6.20 Å². The Hall–Kier alpha value is -0.970. The summed E-state index contributed by atoms with van der Waals surface area (Å²) in [4.78, 5) is 7.10. The van der Waals surface area contributed by atoms with E-state index in [0.717, 1.165) is 12.8 Å². The molecule has 116 valence electrons. The maximum Gasteiger partial charge on any atom is 0.0483 e. The van der Waals surface area contributed by atoms with E-state index < -0.39 is 0 Å². The first-order chi connectivity index (χ1) is 10.2. The molecule has 1 aromatic rings. The van der Waals surface area contributed by atoms with Crippen molar-refractivity contribution in [2.24, 2.45) is 5.84 Å². The van der Waals surface area contributed by atoms with Crippen molar-refractivity contribution in [2.75, 3.05) is 14.1 Å². The highest BCUT2D eigenvalue weighted by molar-refractivity contribution is 5.31. The minimum atomic E-state index is 0.163. The van der Waals surface area contributed by atoms with Gasteiger partial charge in [-0.15, -0.1) is 0 Å². The smallest absolute Gasteiger partial charge is 0.0483 e. The Kier molecular flexibility index (Phi) is 4.29. The van der Waals surface area contributed by atoms with Crippen LogP contribution in [0.4, 0.5) is 0 Å². The molecule has 2 aliphatic rings. The number of pyridine rings is 1. The fraction of sp³-hybridized carbons (Fsp3) is 0.706. The number of fused-ring (bicyclic) bond motifs is 1. The molecule has 0 spiro atoms. The van der Waals surface area contributed by atoms with E-state index in [0.29, 0.717) is 5.92 Å². The van der Waals surface area contributed by atoms with Crippen molar-refractivity contribution in [3.63, 3.8) is 0 Å². The second-order valence-corrected chi connectivity index (χ2v) is 6.90. The van der Waals surface area contributed by atoms with Crippen molar-refractivity contribution in [1.82, 2.24) is 15.3 Å². The number of nitrogens with zero attached hydrogens (tertiary/aromatic N) is 2. The van der Waals surface area contributed by atoms with Gasteiger partial charge in [0.25, 0.3) is 0 Å². The number of nitrogens with one attached hydrogen (secondary N) is 1. The van der Waals surface area contributed by atoms with E-state index >= 15 is 0 Å². The second kappa shape index (κ2) is 6.03. The van der Waals surface area contributed by atoms with Crippen LogP contribution in [0.15, 0.2) is 18.3 Å². The number of nitrogens with two attached hydrogens (primary N) is 1. The SMILES string of the molecule is CN(C)C1(C(NN)C2CCc3cccnc32)CCCCC1. The molecule has 3 N–H and O–H groups in total. The van der Waals surface area contributed by atoms with Crippen molar-refractivity contribution in [3.05, 3.63) is 29.6 Å². The number of aryl methyl sites for hydroxylation is 1. The summed E-state index contributed by atoms with van der Waals surface area (Å²) in [6.07, 6.45) is 10.6. The molecule has 2 unspecified atom stereocenters. The monoisotopic (exact) mass is 288 g/mol. The summed E-state index contributed by atoms with van der Waals surface area (Å²) in [5, 5.41) is 0. The lowest BCUT2D eigenvalue weighted by Gasteiger charge is -2.50. The third-order valence-electron chi connectivity index (χ3n) is 5.77. The van der Waals surface area contributed by atoms with Gasteiger partial charge in [0.05, 0.1) is 0 Å². The van der Waals surface area contributed by atoms with Gasteiger partial charge in [-0.25, -0.2) is 0 Å². The first-order valence-corrected chi connectivity index (χ1v) is 8.26. The molecule has 3 rings (SSSR count). The molecule has 1 heterocycles. The van der Waals surface area contributed by atoms with Gasteiger partial charge >= 0.3 is 0 Å². The third-order valence-corrected chi connectivity index (χ3v) is 5.77. The lowest BCUT2D eigenvalue weighted by molar-refractivity contribution is 0.0452. The molecular weight excluding hydrogens is 260 g/mol. The van der Waals surface area contributed by atoms with Gasteiger partial charge in [0.15, 0.2) is 0 Å². The Labute approximate surface area is 128 Å². The molecule has 0 amide bonds. The summed E-state index contributed by atoms with van der Waals surface area (Å²) < 4.78 is 0. The number of likely N-dealkylation sites (N-methyl/N-ethyl adjacent to an activating group) is 1. The molecule has 1 fully saturated rings. The Morgan fingerprint density at radius 1 is 1.33 bits per heavy atom. The fourth-order valence-corrected chi connectivity index (χ4v) is 4.61. The van der Waals surface area contributed by atoms with Crippen LogP contribution in [0.25, 0.3) is 0 Å². The zero-order valence-corrected chi connectivity index (χ0v) is 13.3. The van der Waals surface area contributed by atoms with Crippen LogP contribution in [0, 0.1) is 0 Å². The van der Waals surface area contributed by atoms with Gasteiger partial charge in [-0.2, -0.15) is 0 Å². The predicted molar refractivity (Wildman–Crippen MR) is 85.9 cm³/mol. The van der Waals surface area contributed by atoms with Crippen molar-refractivity contribution in [1.29, 1.82) is 0 Å². The van der Waals surface area contributed by atoms with Crippen molar-refractivity contribution in [3.8, 4) is 0 Å². The second-order valence-electron chi connectivity index (χ2n) is 6.90. The van der Waals surface area contributed by atoms with Crippen molar-refractivity contribution in [2.45, 2.75) is 62.4 Å². The average Bonchev–Trinajstić information content (AvgIpc) is 2.93. The molecule has 21 heavy (non-hydrogen) atoms. The van der Waals surface area contributed by atoms with Crippen LogP contribution in [0.5, 0.6) is 0 Å². The molecule has 2 atom stereocenters. The zero-order valence-electron chi connectivity index (χ0n) is 13.3. The van der Waals surface area contributed by atoms with Gasteiger partial charge in [-0.3, -0.25) is 16.3 Å². The number of hydrazine groups is 1. The number of aromatic nitrogens is 1. The molecule has 0 aliphatic heterocycles. The topological polar surface area (TPSA) is 54.2 Å². The maximum absolute atomic E-state index is 6.06. The minimum absolute atomic E-state index is 0.163. The lowest BCUT2D eigenvalue weighted by Crippen LogP contribution is -2.63. The van der Waals surface area contributed by atoms with Gasteiger partial charge in [-0.05, 0) is 51.4 Å². The van der Waals surface area contributed by atoms with Crippen LogP contribution in [-0.2, 0) is 6.42 Å². The summed E-state index contributed by atoms with van der Waals surface area (Å²) in [5.41, 5.74) is 6.04. The summed E-state index contributed by atoms with van der Waals surface area (Å²) in [5.74, 6) is 6.50. The van der Waals surface area contributed by atoms with E-state index in [-0.39, 0.29) is 11.6 Å². The summed E-state index contributed by atoms with van der Waals surface area (Å²) in [6, 6.07) is 4.55. The largest absolute Gasteiger partial charge is 0.302 e. The van der Waals surface area contributed by atoms with Crippen LogP contribution >= 0.6 is 0 Å². The molecule has 1 saturated carbocycles. The molecule has 0 radical (unpaired) electrons. The molecule has 0 aromatic carbocycles. The van der Waals surface area contributed by atoms with Crippen LogP contribution in [-0.4, -0.2) is 35.6 Å². The van der Waals surface area contributed by atoms with E-state index in [1.165, 1.54) is 43.4 Å². The van der Waals surface area contributed by atoms with E-state index in [1.54, 1.807) is 0 Å². The molecule has 1 aromatic heterocycles. The first-order valence-electron chi connectivity index (χ1n) is 8.26. The highest BCUT2D eigenvalue weighted by Crippen LogP contribution is 2.44.